The molecule has 136 valence electrons. The molecule has 3 amide bonds. The van der Waals surface area contributed by atoms with E-state index >= 15 is 0 Å². The van der Waals surface area contributed by atoms with E-state index in [0.29, 0.717) is 26.1 Å². The molecule has 0 aromatic carbocycles. The molecule has 2 rings (SSSR count). The molecule has 6 heteroatoms. The molecule has 0 bridgehead atoms. The van der Waals surface area contributed by atoms with Crippen molar-refractivity contribution in [1.82, 2.24) is 15.1 Å². The highest BCUT2D eigenvalue weighted by atomic mass is 16.2. The van der Waals surface area contributed by atoms with Crippen LogP contribution in [0.2, 0.25) is 0 Å². The van der Waals surface area contributed by atoms with Crippen LogP contribution in [0.5, 0.6) is 0 Å². The minimum Gasteiger partial charge on any atom is -0.351 e. The molecule has 0 radical (unpaired) electrons. The van der Waals surface area contributed by atoms with Gasteiger partial charge >= 0.3 is 0 Å². The van der Waals surface area contributed by atoms with Gasteiger partial charge < -0.3 is 15.1 Å². The van der Waals surface area contributed by atoms with Crippen molar-refractivity contribution in [2.24, 2.45) is 11.8 Å². The van der Waals surface area contributed by atoms with Gasteiger partial charge in [-0.25, -0.2) is 0 Å². The van der Waals surface area contributed by atoms with Crippen molar-refractivity contribution in [3.05, 3.63) is 0 Å². The predicted molar refractivity (Wildman–Crippen MR) is 92.2 cm³/mol. The zero-order valence-corrected chi connectivity index (χ0v) is 15.2. The molecule has 2 fully saturated rings. The Labute approximate surface area is 144 Å². The Morgan fingerprint density at radius 3 is 2.38 bits per heavy atom. The number of hydrogen-bond donors (Lipinski definition) is 1. The van der Waals surface area contributed by atoms with E-state index in [1.807, 2.05) is 18.7 Å². The van der Waals surface area contributed by atoms with E-state index in [1.54, 1.807) is 11.9 Å². The largest absolute Gasteiger partial charge is 0.351 e. The fraction of sp³-hybridized carbons (Fsp3) is 0.833. The third-order valence-corrected chi connectivity index (χ3v) is 5.17. The maximum absolute atomic E-state index is 12.6. The molecule has 0 spiro atoms. The number of carbonyl (C=O) groups excluding carboxylic acids is 3. The summed E-state index contributed by atoms with van der Waals surface area (Å²) < 4.78 is 0. The Morgan fingerprint density at radius 1 is 1.12 bits per heavy atom. The zero-order valence-electron chi connectivity index (χ0n) is 15.2. The van der Waals surface area contributed by atoms with Gasteiger partial charge in [0.1, 0.15) is 0 Å². The number of carbonyl (C=O) groups is 3. The van der Waals surface area contributed by atoms with Crippen LogP contribution in [-0.2, 0) is 14.4 Å². The lowest BCUT2D eigenvalue weighted by Gasteiger charge is -2.26. The summed E-state index contributed by atoms with van der Waals surface area (Å²) in [5.74, 6) is 0.138. The Bertz CT molecular complexity index is 472. The van der Waals surface area contributed by atoms with Crippen LogP contribution in [0.3, 0.4) is 0 Å². The Morgan fingerprint density at radius 2 is 1.79 bits per heavy atom. The standard InChI is InChI=1S/C18H31N3O3/c1-4-21(5-2)18(24)14-7-6-8-15(12-20(3)16(22)11-14)19-17(23)13-9-10-13/h13-15H,4-12H2,1-3H3,(H,19,23). The van der Waals surface area contributed by atoms with Crippen LogP contribution >= 0.6 is 0 Å². The molecule has 6 nitrogen and oxygen atoms in total. The monoisotopic (exact) mass is 337 g/mol. The van der Waals surface area contributed by atoms with Crippen LogP contribution in [0.4, 0.5) is 0 Å². The fourth-order valence-electron chi connectivity index (χ4n) is 3.39. The van der Waals surface area contributed by atoms with Gasteiger partial charge in [0, 0.05) is 51.0 Å². The molecule has 2 aliphatic rings. The average molecular weight is 337 g/mol. The second kappa shape index (κ2) is 8.49. The minimum absolute atomic E-state index is 0.00523. The number of nitrogens with zero attached hydrogens (tertiary/aromatic N) is 2. The second-order valence-corrected chi connectivity index (χ2v) is 7.10. The van der Waals surface area contributed by atoms with Gasteiger partial charge in [-0.3, -0.25) is 14.4 Å². The summed E-state index contributed by atoms with van der Waals surface area (Å²) in [6.07, 6.45) is 4.62. The third kappa shape index (κ3) is 4.95. The van der Waals surface area contributed by atoms with Crippen molar-refractivity contribution >= 4 is 17.7 Å². The van der Waals surface area contributed by atoms with Crippen LogP contribution < -0.4 is 5.32 Å². The number of amides is 3. The number of likely N-dealkylation sites (N-methyl/N-ethyl adjacent to an activating group) is 1. The number of nitrogens with one attached hydrogen (secondary N) is 1. The molecule has 1 aliphatic heterocycles. The van der Waals surface area contributed by atoms with E-state index < -0.39 is 0 Å². The van der Waals surface area contributed by atoms with Crippen LogP contribution in [0.1, 0.15) is 52.4 Å². The topological polar surface area (TPSA) is 69.7 Å². The van der Waals surface area contributed by atoms with Gasteiger partial charge in [-0.1, -0.05) is 6.42 Å². The third-order valence-electron chi connectivity index (χ3n) is 5.17. The predicted octanol–water partition coefficient (Wildman–Crippen LogP) is 1.40. The highest BCUT2D eigenvalue weighted by Crippen LogP contribution is 2.29. The van der Waals surface area contributed by atoms with Crippen LogP contribution in [-0.4, -0.2) is 60.2 Å². The van der Waals surface area contributed by atoms with E-state index in [0.717, 1.165) is 25.7 Å². The smallest absolute Gasteiger partial charge is 0.226 e. The van der Waals surface area contributed by atoms with Crippen LogP contribution in [0, 0.1) is 11.8 Å². The van der Waals surface area contributed by atoms with Gasteiger partial charge in [-0.15, -0.1) is 0 Å². The molecule has 2 unspecified atom stereocenters. The molecule has 0 aromatic rings. The SMILES string of the molecule is CCN(CC)C(=O)C1CCCC(NC(=O)C2CC2)CN(C)C(=O)C1. The number of rotatable bonds is 5. The van der Waals surface area contributed by atoms with Crippen molar-refractivity contribution in [3.63, 3.8) is 0 Å². The normalized spacial score (nSPS) is 25.5. The summed E-state index contributed by atoms with van der Waals surface area (Å²) in [7, 11) is 1.77. The Hall–Kier alpha value is -1.59. The molecular weight excluding hydrogens is 306 g/mol. The van der Waals surface area contributed by atoms with Gasteiger partial charge in [0.2, 0.25) is 17.7 Å². The molecule has 1 N–H and O–H groups in total. The first-order valence-electron chi connectivity index (χ1n) is 9.29. The first kappa shape index (κ1) is 18.7. The van der Waals surface area contributed by atoms with Crippen LogP contribution in [0.15, 0.2) is 0 Å². The Kier molecular flexibility index (Phi) is 6.63. The maximum Gasteiger partial charge on any atom is 0.226 e. The average Bonchev–Trinajstić information content (AvgIpc) is 3.38. The van der Waals surface area contributed by atoms with Gasteiger partial charge in [-0.05, 0) is 39.5 Å². The molecule has 2 atom stereocenters. The fourth-order valence-corrected chi connectivity index (χ4v) is 3.39. The molecular formula is C18H31N3O3. The van der Waals surface area contributed by atoms with E-state index in [2.05, 4.69) is 5.32 Å². The van der Waals surface area contributed by atoms with Crippen molar-refractivity contribution in [2.75, 3.05) is 26.7 Å². The second-order valence-electron chi connectivity index (χ2n) is 7.10. The number of hydrogen-bond acceptors (Lipinski definition) is 3. The molecule has 1 heterocycles. The highest BCUT2D eigenvalue weighted by Gasteiger charge is 2.33. The summed E-state index contributed by atoms with van der Waals surface area (Å²) in [5.41, 5.74) is 0. The molecule has 1 saturated carbocycles. The van der Waals surface area contributed by atoms with E-state index in [4.69, 9.17) is 0 Å². The van der Waals surface area contributed by atoms with Crippen molar-refractivity contribution in [2.45, 2.75) is 58.4 Å². The highest BCUT2D eigenvalue weighted by molar-refractivity contribution is 5.86. The first-order chi connectivity index (χ1) is 11.5. The van der Waals surface area contributed by atoms with E-state index in [9.17, 15) is 14.4 Å². The zero-order chi connectivity index (χ0) is 17.7. The quantitative estimate of drug-likeness (QED) is 0.824. The minimum atomic E-state index is -0.238. The van der Waals surface area contributed by atoms with E-state index in [1.165, 1.54) is 0 Å². The summed E-state index contributed by atoms with van der Waals surface area (Å²) in [5, 5.41) is 3.09. The van der Waals surface area contributed by atoms with Gasteiger partial charge in [-0.2, -0.15) is 0 Å². The summed E-state index contributed by atoms with van der Waals surface area (Å²) in [4.78, 5) is 40.6. The first-order valence-corrected chi connectivity index (χ1v) is 9.29. The van der Waals surface area contributed by atoms with Gasteiger partial charge in [0.05, 0.1) is 0 Å². The Balaban J connectivity index is 1.99. The van der Waals surface area contributed by atoms with Gasteiger partial charge in [0.25, 0.3) is 0 Å². The van der Waals surface area contributed by atoms with Crippen molar-refractivity contribution in [1.29, 1.82) is 0 Å². The summed E-state index contributed by atoms with van der Waals surface area (Å²) >= 11 is 0. The van der Waals surface area contributed by atoms with Gasteiger partial charge in [0.15, 0.2) is 0 Å². The van der Waals surface area contributed by atoms with Crippen molar-refractivity contribution in [3.8, 4) is 0 Å². The molecule has 1 saturated heterocycles. The lowest BCUT2D eigenvalue weighted by molar-refractivity contribution is -0.140. The molecule has 0 aromatic heterocycles. The summed E-state index contributed by atoms with van der Waals surface area (Å²) in [6.45, 7) is 5.82. The molecule has 1 aliphatic carbocycles. The lowest BCUT2D eigenvalue weighted by Crippen LogP contribution is -2.45. The maximum atomic E-state index is 12.6. The summed E-state index contributed by atoms with van der Waals surface area (Å²) in [6, 6.07) is -0.00523. The molecule has 24 heavy (non-hydrogen) atoms. The van der Waals surface area contributed by atoms with E-state index in [-0.39, 0.29) is 42.0 Å². The van der Waals surface area contributed by atoms with Crippen LogP contribution in [0.25, 0.3) is 0 Å². The van der Waals surface area contributed by atoms with Crippen molar-refractivity contribution < 1.29 is 14.4 Å². The lowest BCUT2D eigenvalue weighted by atomic mass is 9.95.